The van der Waals surface area contributed by atoms with Crippen LogP contribution in [0.15, 0.2) is 0 Å². The highest BCUT2D eigenvalue weighted by Gasteiger charge is 2.64. The second kappa shape index (κ2) is 1.52. The molecule has 0 aromatic carbocycles. The average Bonchev–Trinajstić information content (AvgIpc) is 2.36. The number of aliphatic carboxylic acids is 1. The minimum atomic E-state index is -0.760. The van der Waals surface area contributed by atoms with Crippen LogP contribution in [0.2, 0.25) is 0 Å². The lowest BCUT2D eigenvalue weighted by atomic mass is 9.72. The summed E-state index contributed by atoms with van der Waals surface area (Å²) in [6, 6.07) is 0. The van der Waals surface area contributed by atoms with Crippen LogP contribution in [0.5, 0.6) is 0 Å². The molecule has 10 heavy (non-hydrogen) atoms. The van der Waals surface area contributed by atoms with Crippen molar-refractivity contribution >= 4 is 5.97 Å². The molecule has 2 aliphatic rings. The summed E-state index contributed by atoms with van der Waals surface area (Å²) in [5, 5.41) is 8.46. The Morgan fingerprint density at radius 3 is 2.30 bits per heavy atom. The van der Waals surface area contributed by atoms with Gasteiger partial charge in [-0.1, -0.05) is 0 Å². The van der Waals surface area contributed by atoms with Crippen molar-refractivity contribution in [2.24, 2.45) is 11.3 Å². The normalized spacial score (nSPS) is 50.5. The highest BCUT2D eigenvalue weighted by molar-refractivity contribution is 5.71. The number of carboxylic acid groups (broad SMARTS) is 1. The van der Waals surface area contributed by atoms with Crippen LogP contribution >= 0.6 is 0 Å². The number of alkyl halides is 1. The first-order valence-electron chi connectivity index (χ1n) is 3.51. The van der Waals surface area contributed by atoms with E-state index in [1.807, 2.05) is 0 Å². The third-order valence-corrected chi connectivity index (χ3v) is 2.75. The van der Waals surface area contributed by atoms with E-state index in [0.717, 1.165) is 0 Å². The van der Waals surface area contributed by atoms with Gasteiger partial charge in [-0.25, -0.2) is 4.39 Å². The van der Waals surface area contributed by atoms with Gasteiger partial charge in [0.25, 0.3) is 0 Å². The molecule has 1 atom stereocenters. The zero-order valence-electron chi connectivity index (χ0n) is 5.51. The Hall–Kier alpha value is -0.600. The molecule has 2 saturated carbocycles. The number of halogens is 1. The molecule has 0 heterocycles. The Morgan fingerprint density at radius 2 is 2.00 bits per heavy atom. The van der Waals surface area contributed by atoms with E-state index >= 15 is 0 Å². The zero-order valence-corrected chi connectivity index (χ0v) is 5.51. The van der Waals surface area contributed by atoms with Crippen molar-refractivity contribution in [2.75, 3.05) is 0 Å². The second-order valence-corrected chi connectivity index (χ2v) is 3.48. The van der Waals surface area contributed by atoms with E-state index in [1.165, 1.54) is 0 Å². The summed E-state index contributed by atoms with van der Waals surface area (Å²) >= 11 is 0. The van der Waals surface area contributed by atoms with Gasteiger partial charge in [0.15, 0.2) is 0 Å². The van der Waals surface area contributed by atoms with E-state index in [4.69, 9.17) is 5.11 Å². The molecular formula is C7H9FO2. The SMILES string of the molecule is O=C(O)C1CC2(C1)CC2F. The molecular weight excluding hydrogens is 135 g/mol. The van der Waals surface area contributed by atoms with E-state index in [2.05, 4.69) is 0 Å². The molecule has 0 radical (unpaired) electrons. The van der Waals surface area contributed by atoms with Gasteiger partial charge in [0.1, 0.15) is 6.17 Å². The van der Waals surface area contributed by atoms with Crippen LogP contribution in [0.3, 0.4) is 0 Å². The lowest BCUT2D eigenvalue weighted by Gasteiger charge is -2.32. The van der Waals surface area contributed by atoms with Gasteiger partial charge in [0.2, 0.25) is 0 Å². The van der Waals surface area contributed by atoms with Gasteiger partial charge in [0, 0.05) is 5.41 Å². The molecule has 0 amide bonds. The molecule has 0 aromatic heterocycles. The molecule has 2 rings (SSSR count). The monoisotopic (exact) mass is 144 g/mol. The molecule has 0 bridgehead atoms. The van der Waals surface area contributed by atoms with Crippen molar-refractivity contribution in [1.82, 2.24) is 0 Å². The number of carbonyl (C=O) groups is 1. The van der Waals surface area contributed by atoms with Crippen LogP contribution in [0, 0.1) is 11.3 Å². The van der Waals surface area contributed by atoms with Gasteiger partial charge in [-0.3, -0.25) is 4.79 Å². The summed E-state index contributed by atoms with van der Waals surface area (Å²) in [5.41, 5.74) is -0.164. The van der Waals surface area contributed by atoms with Gasteiger partial charge in [0.05, 0.1) is 5.92 Å². The highest BCUT2D eigenvalue weighted by Crippen LogP contribution is 2.64. The fourth-order valence-electron chi connectivity index (χ4n) is 1.82. The van der Waals surface area contributed by atoms with Crippen LogP contribution in [-0.2, 0) is 4.79 Å². The lowest BCUT2D eigenvalue weighted by molar-refractivity contribution is -0.147. The van der Waals surface area contributed by atoms with Gasteiger partial charge in [-0.15, -0.1) is 0 Å². The van der Waals surface area contributed by atoms with E-state index in [9.17, 15) is 9.18 Å². The van der Waals surface area contributed by atoms with Crippen molar-refractivity contribution in [1.29, 1.82) is 0 Å². The molecule has 0 aliphatic heterocycles. The van der Waals surface area contributed by atoms with Crippen molar-refractivity contribution in [3.63, 3.8) is 0 Å². The Bertz CT molecular complexity index is 184. The van der Waals surface area contributed by atoms with Crippen molar-refractivity contribution in [2.45, 2.75) is 25.4 Å². The number of rotatable bonds is 1. The summed E-state index contributed by atoms with van der Waals surface area (Å²) in [6.07, 6.45) is 1.06. The predicted molar refractivity (Wildman–Crippen MR) is 32.3 cm³/mol. The largest absolute Gasteiger partial charge is 0.481 e. The minimum absolute atomic E-state index is 0.164. The van der Waals surface area contributed by atoms with Crippen molar-refractivity contribution in [3.8, 4) is 0 Å². The minimum Gasteiger partial charge on any atom is -0.481 e. The van der Waals surface area contributed by atoms with Gasteiger partial charge in [-0.2, -0.15) is 0 Å². The topological polar surface area (TPSA) is 37.3 Å². The first-order chi connectivity index (χ1) is 4.64. The van der Waals surface area contributed by atoms with E-state index in [1.54, 1.807) is 0 Å². The van der Waals surface area contributed by atoms with E-state index in [-0.39, 0.29) is 11.3 Å². The summed E-state index contributed by atoms with van der Waals surface area (Å²) in [7, 11) is 0. The Kier molecular flexibility index (Phi) is 0.932. The first kappa shape index (κ1) is 6.13. The molecule has 0 aromatic rings. The zero-order chi connectivity index (χ0) is 7.35. The molecule has 2 aliphatic carbocycles. The number of hydrogen-bond donors (Lipinski definition) is 1. The van der Waals surface area contributed by atoms with Crippen LogP contribution in [0.1, 0.15) is 19.3 Å². The fourth-order valence-corrected chi connectivity index (χ4v) is 1.82. The van der Waals surface area contributed by atoms with Gasteiger partial charge >= 0.3 is 5.97 Å². The molecule has 1 N–H and O–H groups in total. The molecule has 3 heteroatoms. The third-order valence-electron chi connectivity index (χ3n) is 2.75. The molecule has 1 unspecified atom stereocenters. The van der Waals surface area contributed by atoms with Crippen molar-refractivity contribution in [3.05, 3.63) is 0 Å². The molecule has 0 saturated heterocycles. The predicted octanol–water partition coefficient (Wildman–Crippen LogP) is 1.21. The maximum absolute atomic E-state index is 12.5. The Balaban J connectivity index is 1.90. The first-order valence-corrected chi connectivity index (χ1v) is 3.51. The van der Waals surface area contributed by atoms with Gasteiger partial charge < -0.3 is 5.11 Å². The highest BCUT2D eigenvalue weighted by atomic mass is 19.1. The maximum Gasteiger partial charge on any atom is 0.306 e. The fraction of sp³-hybridized carbons (Fsp3) is 0.857. The summed E-state index contributed by atoms with van der Waals surface area (Å²) in [4.78, 5) is 10.3. The molecule has 56 valence electrons. The van der Waals surface area contributed by atoms with Crippen LogP contribution in [0.4, 0.5) is 4.39 Å². The third kappa shape index (κ3) is 0.604. The molecule has 1 spiro atoms. The summed E-state index contributed by atoms with van der Waals surface area (Å²) in [6.45, 7) is 0. The van der Waals surface area contributed by atoms with Gasteiger partial charge in [-0.05, 0) is 19.3 Å². The Labute approximate surface area is 58.0 Å². The number of hydrogen-bond acceptors (Lipinski definition) is 1. The number of carboxylic acids is 1. The van der Waals surface area contributed by atoms with Crippen LogP contribution < -0.4 is 0 Å². The summed E-state index contributed by atoms with van der Waals surface area (Å²) in [5.74, 6) is -1.01. The quantitative estimate of drug-likeness (QED) is 0.600. The smallest absolute Gasteiger partial charge is 0.306 e. The van der Waals surface area contributed by atoms with E-state index < -0.39 is 12.1 Å². The lowest BCUT2D eigenvalue weighted by Crippen LogP contribution is -2.33. The standard InChI is InChI=1S/C7H9FO2/c8-5-3-7(5)1-4(2-7)6(9)10/h4-5H,1-3H2,(H,9,10). The van der Waals surface area contributed by atoms with Crippen LogP contribution in [0.25, 0.3) is 0 Å². The van der Waals surface area contributed by atoms with Crippen molar-refractivity contribution < 1.29 is 14.3 Å². The van der Waals surface area contributed by atoms with E-state index in [0.29, 0.717) is 19.3 Å². The maximum atomic E-state index is 12.5. The average molecular weight is 144 g/mol. The molecule has 2 nitrogen and oxygen atoms in total. The Morgan fingerprint density at radius 1 is 1.50 bits per heavy atom. The second-order valence-electron chi connectivity index (χ2n) is 3.48. The molecule has 2 fully saturated rings. The van der Waals surface area contributed by atoms with Crippen LogP contribution in [-0.4, -0.2) is 17.2 Å². The summed E-state index contributed by atoms with van der Waals surface area (Å²) < 4.78 is 12.5.